The fourth-order valence-electron chi connectivity index (χ4n) is 2.09. The van der Waals surface area contributed by atoms with Gasteiger partial charge in [-0.05, 0) is 30.8 Å². The van der Waals surface area contributed by atoms with E-state index in [4.69, 9.17) is 4.98 Å². The second kappa shape index (κ2) is 5.51. The Balaban J connectivity index is 1.78. The van der Waals surface area contributed by atoms with E-state index in [1.165, 1.54) is 33.3 Å². The summed E-state index contributed by atoms with van der Waals surface area (Å²) in [5, 5.41) is 6.86. The van der Waals surface area contributed by atoms with Gasteiger partial charge in [0.2, 0.25) is 0 Å². The Kier molecular flexibility index (Phi) is 3.77. The summed E-state index contributed by atoms with van der Waals surface area (Å²) < 4.78 is 0. The summed E-state index contributed by atoms with van der Waals surface area (Å²) in [6.45, 7) is 4.18. The van der Waals surface area contributed by atoms with Crippen LogP contribution < -0.4 is 5.32 Å². The molecule has 1 aliphatic rings. The van der Waals surface area contributed by atoms with Crippen LogP contribution in [0, 0.1) is 0 Å². The third-order valence-electron chi connectivity index (χ3n) is 3.18. The van der Waals surface area contributed by atoms with Crippen LogP contribution >= 0.6 is 22.7 Å². The lowest BCUT2D eigenvalue weighted by Crippen LogP contribution is -2.11. The highest BCUT2D eigenvalue weighted by atomic mass is 32.1. The van der Waals surface area contributed by atoms with Gasteiger partial charge in [-0.3, -0.25) is 0 Å². The van der Waals surface area contributed by atoms with E-state index in [0.717, 1.165) is 25.4 Å². The monoisotopic (exact) mass is 278 g/mol. The number of thiazole rings is 1. The molecule has 0 spiro atoms. The molecule has 0 unspecified atom stereocenters. The van der Waals surface area contributed by atoms with Gasteiger partial charge in [-0.2, -0.15) is 0 Å². The normalized spacial score (nSPS) is 15.2. The number of thiophene rings is 1. The average Bonchev–Trinajstić information content (AvgIpc) is 2.94. The van der Waals surface area contributed by atoms with Gasteiger partial charge in [0.15, 0.2) is 0 Å². The van der Waals surface area contributed by atoms with Gasteiger partial charge in [-0.25, -0.2) is 4.98 Å². The van der Waals surface area contributed by atoms with Crippen LogP contribution in [0.3, 0.4) is 0 Å². The molecule has 96 valence electrons. The molecule has 0 bridgehead atoms. The molecule has 1 N–H and O–H groups in total. The van der Waals surface area contributed by atoms with E-state index in [-0.39, 0.29) is 0 Å². The summed E-state index contributed by atoms with van der Waals surface area (Å²) in [4.78, 5) is 7.77. The van der Waals surface area contributed by atoms with Crippen molar-refractivity contribution in [1.82, 2.24) is 10.3 Å². The van der Waals surface area contributed by atoms with E-state index in [1.807, 2.05) is 22.7 Å². The highest BCUT2D eigenvalue weighted by molar-refractivity contribution is 7.12. The minimum atomic E-state index is 0.756. The zero-order valence-corrected chi connectivity index (χ0v) is 12.2. The Hall–Kier alpha value is -0.710. The molecular formula is C14H18N2S2. The summed E-state index contributed by atoms with van der Waals surface area (Å²) in [6.07, 6.45) is 3.68. The first-order valence-electron chi connectivity index (χ1n) is 6.58. The number of hydrogen-bond donors (Lipinski definition) is 1. The van der Waals surface area contributed by atoms with E-state index in [9.17, 15) is 0 Å². The maximum atomic E-state index is 4.89. The number of aromatic nitrogens is 1. The van der Waals surface area contributed by atoms with Crippen molar-refractivity contribution in [3.8, 4) is 0 Å². The van der Waals surface area contributed by atoms with Crippen molar-refractivity contribution < 1.29 is 0 Å². The van der Waals surface area contributed by atoms with Gasteiger partial charge in [0.05, 0.1) is 10.7 Å². The van der Waals surface area contributed by atoms with Crippen molar-refractivity contribution in [2.45, 2.75) is 38.6 Å². The van der Waals surface area contributed by atoms with Crippen molar-refractivity contribution in [3.05, 3.63) is 38.0 Å². The topological polar surface area (TPSA) is 24.9 Å². The van der Waals surface area contributed by atoms with Crippen molar-refractivity contribution in [2.24, 2.45) is 0 Å². The summed E-state index contributed by atoms with van der Waals surface area (Å²) in [5.41, 5.74) is 1.38. The fourth-order valence-corrected chi connectivity index (χ4v) is 4.04. The Morgan fingerprint density at radius 2 is 2.33 bits per heavy atom. The standard InChI is InChI=1S/C14H18N2S2/c1-2-15-9-12-14(10-5-6-10)16-13(18-12)8-11-4-3-7-17-11/h3-4,7,10,15H,2,5-6,8-9H2,1H3. The van der Waals surface area contributed by atoms with E-state index < -0.39 is 0 Å². The zero-order valence-electron chi connectivity index (χ0n) is 10.6. The minimum absolute atomic E-state index is 0.756. The maximum Gasteiger partial charge on any atom is 0.0983 e. The maximum absolute atomic E-state index is 4.89. The quantitative estimate of drug-likeness (QED) is 0.870. The van der Waals surface area contributed by atoms with Crippen LogP contribution in [0.2, 0.25) is 0 Å². The van der Waals surface area contributed by atoms with E-state index in [0.29, 0.717) is 0 Å². The van der Waals surface area contributed by atoms with Crippen LogP contribution in [0.25, 0.3) is 0 Å². The molecule has 2 heterocycles. The van der Waals surface area contributed by atoms with Crippen LogP contribution in [0.15, 0.2) is 17.5 Å². The first-order valence-corrected chi connectivity index (χ1v) is 8.28. The van der Waals surface area contributed by atoms with Crippen molar-refractivity contribution >= 4 is 22.7 Å². The van der Waals surface area contributed by atoms with Crippen molar-refractivity contribution in [2.75, 3.05) is 6.54 Å². The summed E-state index contributed by atoms with van der Waals surface area (Å²) in [6, 6.07) is 4.32. The zero-order chi connectivity index (χ0) is 12.4. The average molecular weight is 278 g/mol. The third kappa shape index (κ3) is 2.82. The first-order chi connectivity index (χ1) is 8.86. The molecule has 2 aromatic rings. The van der Waals surface area contributed by atoms with Crippen LogP contribution in [-0.2, 0) is 13.0 Å². The van der Waals surface area contributed by atoms with Gasteiger partial charge in [0.1, 0.15) is 0 Å². The van der Waals surface area contributed by atoms with Crippen LogP contribution in [0.1, 0.15) is 46.1 Å². The second-order valence-electron chi connectivity index (χ2n) is 4.73. The molecule has 3 rings (SSSR count). The van der Waals surface area contributed by atoms with Crippen LogP contribution in [0.5, 0.6) is 0 Å². The van der Waals surface area contributed by atoms with Crippen LogP contribution in [0.4, 0.5) is 0 Å². The SMILES string of the molecule is CCNCc1sc(Cc2cccs2)nc1C1CC1. The molecule has 0 aromatic carbocycles. The molecule has 1 aliphatic carbocycles. The summed E-state index contributed by atoms with van der Waals surface area (Å²) >= 11 is 3.72. The van der Waals surface area contributed by atoms with Gasteiger partial charge >= 0.3 is 0 Å². The van der Waals surface area contributed by atoms with Gasteiger partial charge in [-0.1, -0.05) is 13.0 Å². The largest absolute Gasteiger partial charge is 0.312 e. The predicted octanol–water partition coefficient (Wildman–Crippen LogP) is 3.78. The molecule has 2 nitrogen and oxygen atoms in total. The molecule has 4 heteroatoms. The molecule has 18 heavy (non-hydrogen) atoms. The van der Waals surface area contributed by atoms with Crippen LogP contribution in [-0.4, -0.2) is 11.5 Å². The predicted molar refractivity (Wildman–Crippen MR) is 78.6 cm³/mol. The van der Waals surface area contributed by atoms with E-state index in [2.05, 4.69) is 29.8 Å². The second-order valence-corrected chi connectivity index (χ2v) is 6.93. The van der Waals surface area contributed by atoms with Crippen molar-refractivity contribution in [3.63, 3.8) is 0 Å². The molecule has 0 atom stereocenters. The molecule has 0 radical (unpaired) electrons. The smallest absolute Gasteiger partial charge is 0.0983 e. The van der Waals surface area contributed by atoms with E-state index in [1.54, 1.807) is 0 Å². The lowest BCUT2D eigenvalue weighted by atomic mass is 10.2. The number of hydrogen-bond acceptors (Lipinski definition) is 4. The van der Waals surface area contributed by atoms with Gasteiger partial charge in [-0.15, -0.1) is 22.7 Å². The van der Waals surface area contributed by atoms with Gasteiger partial charge in [0.25, 0.3) is 0 Å². The molecule has 2 aromatic heterocycles. The van der Waals surface area contributed by atoms with Gasteiger partial charge < -0.3 is 5.32 Å². The van der Waals surface area contributed by atoms with E-state index >= 15 is 0 Å². The first kappa shape index (κ1) is 12.3. The Morgan fingerprint density at radius 3 is 3.00 bits per heavy atom. The Labute approximate surface area is 116 Å². The Bertz CT molecular complexity index is 498. The fraction of sp³-hybridized carbons (Fsp3) is 0.500. The highest BCUT2D eigenvalue weighted by Gasteiger charge is 2.29. The molecule has 1 fully saturated rings. The minimum Gasteiger partial charge on any atom is -0.312 e. The lowest BCUT2D eigenvalue weighted by molar-refractivity contribution is 0.726. The molecule has 0 aliphatic heterocycles. The molecular weight excluding hydrogens is 260 g/mol. The van der Waals surface area contributed by atoms with Crippen molar-refractivity contribution in [1.29, 1.82) is 0 Å². The Morgan fingerprint density at radius 1 is 1.44 bits per heavy atom. The number of nitrogens with one attached hydrogen (secondary N) is 1. The summed E-state index contributed by atoms with van der Waals surface area (Å²) in [5.74, 6) is 0.756. The molecule has 0 saturated heterocycles. The van der Waals surface area contributed by atoms with Gasteiger partial charge in [0, 0.05) is 28.6 Å². The molecule has 1 saturated carbocycles. The number of nitrogens with zero attached hydrogens (tertiary/aromatic N) is 1. The summed E-state index contributed by atoms with van der Waals surface area (Å²) in [7, 11) is 0. The lowest BCUT2D eigenvalue weighted by Gasteiger charge is -2.00. The molecule has 0 amide bonds. The number of rotatable bonds is 6. The highest BCUT2D eigenvalue weighted by Crippen LogP contribution is 2.42. The third-order valence-corrected chi connectivity index (χ3v) is 5.12.